The maximum absolute atomic E-state index is 13.1. The largest absolute Gasteiger partial charge is 0.313 e. The Labute approximate surface area is 121 Å². The average Bonchev–Trinajstić information content (AvgIpc) is 2.35. The number of halogens is 2. The molecule has 1 saturated heterocycles. The van der Waals surface area contributed by atoms with Crippen LogP contribution in [0.4, 0.5) is 4.39 Å². The molecule has 2 rings (SSSR count). The molecule has 0 amide bonds. The van der Waals surface area contributed by atoms with Crippen LogP contribution in [0.5, 0.6) is 0 Å². The van der Waals surface area contributed by atoms with Gasteiger partial charge in [-0.3, -0.25) is 0 Å². The molecule has 2 unspecified atom stereocenters. The van der Waals surface area contributed by atoms with E-state index in [0.29, 0.717) is 0 Å². The van der Waals surface area contributed by atoms with Gasteiger partial charge in [0, 0.05) is 12.1 Å². The first kappa shape index (κ1) is 14.9. The lowest BCUT2D eigenvalue weighted by atomic mass is 10.0. The molecule has 1 aliphatic heterocycles. The van der Waals surface area contributed by atoms with E-state index in [0.717, 1.165) is 25.5 Å². The van der Waals surface area contributed by atoms with Crippen LogP contribution >= 0.6 is 15.9 Å². The second-order valence-corrected chi connectivity index (χ2v) is 7.26. The number of hydrogen-bond donors (Lipinski definition) is 2. The van der Waals surface area contributed by atoms with Crippen molar-refractivity contribution < 1.29 is 12.8 Å². The van der Waals surface area contributed by atoms with Crippen LogP contribution in [-0.2, 0) is 10.0 Å². The predicted octanol–water partition coefficient (Wildman–Crippen LogP) is 2.01. The molecule has 19 heavy (non-hydrogen) atoms. The number of piperidine rings is 1. The van der Waals surface area contributed by atoms with Gasteiger partial charge in [0.15, 0.2) is 0 Å². The third-order valence-corrected chi connectivity index (χ3v) is 5.36. The molecule has 106 valence electrons. The van der Waals surface area contributed by atoms with Crippen molar-refractivity contribution in [3.05, 3.63) is 28.5 Å². The molecule has 2 N–H and O–H groups in total. The molecular formula is C12H16BrFN2O2S. The molecule has 0 aromatic heterocycles. The van der Waals surface area contributed by atoms with Crippen molar-refractivity contribution in [1.82, 2.24) is 10.0 Å². The third-order valence-electron chi connectivity index (χ3n) is 3.27. The van der Waals surface area contributed by atoms with Crippen molar-refractivity contribution in [2.75, 3.05) is 6.54 Å². The van der Waals surface area contributed by atoms with E-state index in [2.05, 4.69) is 26.0 Å². The fourth-order valence-electron chi connectivity index (χ4n) is 2.12. The van der Waals surface area contributed by atoms with Gasteiger partial charge < -0.3 is 5.32 Å². The number of nitrogens with one attached hydrogen (secondary N) is 2. The molecule has 0 radical (unpaired) electrons. The summed E-state index contributed by atoms with van der Waals surface area (Å²) < 4.78 is 40.4. The van der Waals surface area contributed by atoms with Crippen molar-refractivity contribution in [3.63, 3.8) is 0 Å². The van der Waals surface area contributed by atoms with Crippen LogP contribution in [0.1, 0.15) is 19.8 Å². The van der Waals surface area contributed by atoms with Gasteiger partial charge in [0.1, 0.15) is 5.82 Å². The highest BCUT2D eigenvalue weighted by molar-refractivity contribution is 9.10. The molecule has 4 nitrogen and oxygen atoms in total. The van der Waals surface area contributed by atoms with E-state index in [1.807, 2.05) is 6.92 Å². The fraction of sp³-hybridized carbons (Fsp3) is 0.500. The van der Waals surface area contributed by atoms with Crippen LogP contribution in [0.3, 0.4) is 0 Å². The first-order valence-corrected chi connectivity index (χ1v) is 8.38. The summed E-state index contributed by atoms with van der Waals surface area (Å²) in [5.41, 5.74) is 0. The molecule has 0 aliphatic carbocycles. The van der Waals surface area contributed by atoms with Gasteiger partial charge in [0.25, 0.3) is 0 Å². The van der Waals surface area contributed by atoms with Crippen LogP contribution in [0.2, 0.25) is 0 Å². The van der Waals surface area contributed by atoms with E-state index in [1.165, 1.54) is 12.1 Å². The average molecular weight is 351 g/mol. The van der Waals surface area contributed by atoms with Crippen LogP contribution in [0, 0.1) is 5.82 Å². The molecule has 1 heterocycles. The number of rotatable bonds is 3. The summed E-state index contributed by atoms with van der Waals surface area (Å²) in [6.45, 7) is 2.86. The summed E-state index contributed by atoms with van der Waals surface area (Å²) >= 11 is 3.00. The maximum atomic E-state index is 13.1. The quantitative estimate of drug-likeness (QED) is 0.876. The SMILES string of the molecule is CC1NCCCC1NS(=O)(=O)c1ccc(F)c(Br)c1. The Morgan fingerprint density at radius 1 is 1.47 bits per heavy atom. The Morgan fingerprint density at radius 3 is 2.84 bits per heavy atom. The second-order valence-electron chi connectivity index (χ2n) is 4.69. The summed E-state index contributed by atoms with van der Waals surface area (Å²) in [5.74, 6) is -0.480. The Balaban J connectivity index is 2.19. The van der Waals surface area contributed by atoms with Crippen molar-refractivity contribution in [1.29, 1.82) is 0 Å². The summed E-state index contributed by atoms with van der Waals surface area (Å²) in [5, 5.41) is 3.23. The lowest BCUT2D eigenvalue weighted by Crippen LogP contribution is -2.51. The highest BCUT2D eigenvalue weighted by atomic mass is 79.9. The van der Waals surface area contributed by atoms with Gasteiger partial charge in [-0.1, -0.05) is 0 Å². The molecule has 1 fully saturated rings. The standard InChI is InChI=1S/C12H16BrFN2O2S/c1-8-12(3-2-6-15-8)16-19(17,18)9-4-5-11(14)10(13)7-9/h4-5,7-8,12,15-16H,2-3,6H2,1H3. The van der Waals surface area contributed by atoms with Gasteiger partial charge in [-0.25, -0.2) is 17.5 Å². The van der Waals surface area contributed by atoms with Crippen molar-refractivity contribution >= 4 is 26.0 Å². The molecule has 1 aliphatic rings. The maximum Gasteiger partial charge on any atom is 0.240 e. The van der Waals surface area contributed by atoms with Crippen molar-refractivity contribution in [2.24, 2.45) is 0 Å². The normalized spacial score (nSPS) is 24.4. The fourth-order valence-corrected chi connectivity index (χ4v) is 4.02. The minimum absolute atomic E-state index is 0.0681. The number of sulfonamides is 1. The minimum Gasteiger partial charge on any atom is -0.313 e. The number of hydrogen-bond acceptors (Lipinski definition) is 3. The van der Waals surface area contributed by atoms with Crippen LogP contribution in [0.25, 0.3) is 0 Å². The van der Waals surface area contributed by atoms with Crippen molar-refractivity contribution in [3.8, 4) is 0 Å². The molecule has 7 heteroatoms. The zero-order valence-corrected chi connectivity index (χ0v) is 12.9. The lowest BCUT2D eigenvalue weighted by molar-refractivity contribution is 0.349. The van der Waals surface area contributed by atoms with E-state index >= 15 is 0 Å². The van der Waals surface area contributed by atoms with Gasteiger partial charge in [0.05, 0.1) is 9.37 Å². The third kappa shape index (κ3) is 3.53. The van der Waals surface area contributed by atoms with E-state index in [9.17, 15) is 12.8 Å². The Kier molecular flexibility index (Phi) is 4.60. The summed E-state index contributed by atoms with van der Waals surface area (Å²) in [4.78, 5) is 0.0681. The molecule has 0 bridgehead atoms. The molecule has 0 saturated carbocycles. The molecule has 1 aromatic rings. The van der Waals surface area contributed by atoms with Crippen molar-refractivity contribution in [2.45, 2.75) is 36.7 Å². The smallest absolute Gasteiger partial charge is 0.240 e. The van der Waals surface area contributed by atoms with Gasteiger partial charge in [0.2, 0.25) is 10.0 Å². The van der Waals surface area contributed by atoms with Gasteiger partial charge in [-0.2, -0.15) is 0 Å². The Hall–Kier alpha value is -0.500. The molecule has 1 aromatic carbocycles. The van der Waals surface area contributed by atoms with Gasteiger partial charge in [-0.15, -0.1) is 0 Å². The predicted molar refractivity (Wildman–Crippen MR) is 74.9 cm³/mol. The second kappa shape index (κ2) is 5.87. The summed E-state index contributed by atoms with van der Waals surface area (Å²) in [7, 11) is -3.62. The van der Waals surface area contributed by atoms with Crippen LogP contribution < -0.4 is 10.0 Å². The first-order valence-electron chi connectivity index (χ1n) is 6.11. The zero-order chi connectivity index (χ0) is 14.0. The molecule has 0 spiro atoms. The minimum atomic E-state index is -3.62. The Bertz CT molecular complexity index is 565. The van der Waals surface area contributed by atoms with E-state index in [1.54, 1.807) is 0 Å². The highest BCUT2D eigenvalue weighted by Gasteiger charge is 2.26. The highest BCUT2D eigenvalue weighted by Crippen LogP contribution is 2.21. The van der Waals surface area contributed by atoms with Crippen LogP contribution in [0.15, 0.2) is 27.6 Å². The topological polar surface area (TPSA) is 58.2 Å². The lowest BCUT2D eigenvalue weighted by Gasteiger charge is -2.30. The number of benzene rings is 1. The zero-order valence-electron chi connectivity index (χ0n) is 10.5. The first-order chi connectivity index (χ1) is 8.90. The summed E-state index contributed by atoms with van der Waals surface area (Å²) in [6, 6.07) is 3.64. The van der Waals surface area contributed by atoms with Gasteiger partial charge in [-0.05, 0) is 60.4 Å². The Morgan fingerprint density at radius 2 is 2.21 bits per heavy atom. The monoisotopic (exact) mass is 350 g/mol. The summed E-state index contributed by atoms with van der Waals surface area (Å²) in [6.07, 6.45) is 1.74. The van der Waals surface area contributed by atoms with E-state index in [4.69, 9.17) is 0 Å². The van der Waals surface area contributed by atoms with Crippen LogP contribution in [-0.4, -0.2) is 27.0 Å². The van der Waals surface area contributed by atoms with E-state index in [-0.39, 0.29) is 21.5 Å². The van der Waals surface area contributed by atoms with E-state index < -0.39 is 15.8 Å². The van der Waals surface area contributed by atoms with Gasteiger partial charge >= 0.3 is 0 Å². The molecular weight excluding hydrogens is 335 g/mol. The molecule has 2 atom stereocenters.